The van der Waals surface area contributed by atoms with E-state index in [1.165, 1.54) is 48.0 Å². The van der Waals surface area contributed by atoms with Gasteiger partial charge in [0.15, 0.2) is 16.7 Å². The van der Waals surface area contributed by atoms with Crippen molar-refractivity contribution in [2.24, 2.45) is 4.99 Å². The van der Waals surface area contributed by atoms with Crippen molar-refractivity contribution >= 4 is 56.5 Å². The minimum atomic E-state index is -1.05. The Labute approximate surface area is 225 Å². The van der Waals surface area contributed by atoms with Gasteiger partial charge in [0.05, 0.1) is 27.7 Å². The summed E-state index contributed by atoms with van der Waals surface area (Å²) in [5, 5.41) is 9.70. The van der Waals surface area contributed by atoms with Gasteiger partial charge < -0.3 is 14.6 Å². The Kier molecular flexibility index (Phi) is 8.30. The van der Waals surface area contributed by atoms with Gasteiger partial charge in [-0.05, 0) is 94.3 Å². The van der Waals surface area contributed by atoms with Crippen LogP contribution in [0.5, 0.6) is 11.5 Å². The molecule has 0 saturated carbocycles. The highest BCUT2D eigenvalue weighted by atomic mass is 79.9. The lowest BCUT2D eigenvalue weighted by molar-refractivity contribution is -0.122. The largest absolute Gasteiger partial charge is 0.493 e. The normalized spacial score (nSPS) is 15.5. The third kappa shape index (κ3) is 6.20. The summed E-state index contributed by atoms with van der Waals surface area (Å²) in [5.41, 5.74) is 2.07. The second kappa shape index (κ2) is 11.6. The Morgan fingerprint density at radius 3 is 2.62 bits per heavy atom. The van der Waals surface area contributed by atoms with Gasteiger partial charge in [0.2, 0.25) is 0 Å². The molecule has 0 atom stereocenters. The molecular formula is C27H22BrFN2O5S. The number of carboxylic acids is 1. The van der Waals surface area contributed by atoms with Crippen molar-refractivity contribution in [3.05, 3.63) is 92.5 Å². The maximum Gasteiger partial charge on any atom is 0.335 e. The van der Waals surface area contributed by atoms with Gasteiger partial charge in [-0.2, -0.15) is 0 Å². The maximum atomic E-state index is 13.2. The average molecular weight is 585 g/mol. The number of ether oxygens (including phenoxy) is 2. The Hall–Kier alpha value is -3.63. The van der Waals surface area contributed by atoms with Crippen molar-refractivity contribution in [2.75, 3.05) is 13.7 Å². The number of benzene rings is 3. The van der Waals surface area contributed by atoms with Crippen LogP contribution in [-0.2, 0) is 11.4 Å². The molecule has 1 heterocycles. The quantitative estimate of drug-likeness (QED) is 0.304. The second-order valence-corrected chi connectivity index (χ2v) is 9.72. The van der Waals surface area contributed by atoms with Crippen LogP contribution in [0.15, 0.2) is 75.0 Å². The van der Waals surface area contributed by atoms with Crippen molar-refractivity contribution in [1.82, 2.24) is 4.90 Å². The number of aliphatic imine (C=N–C) groups is 1. The highest BCUT2D eigenvalue weighted by molar-refractivity contribution is 9.10. The summed E-state index contributed by atoms with van der Waals surface area (Å²) in [6.45, 7) is 2.47. The number of methoxy groups -OCH3 is 1. The topological polar surface area (TPSA) is 88.4 Å². The number of carbonyl (C=O) groups is 2. The number of hydrogen-bond acceptors (Lipinski definition) is 6. The summed E-state index contributed by atoms with van der Waals surface area (Å²) in [6.07, 6.45) is 1.74. The molecule has 0 aromatic heterocycles. The fourth-order valence-corrected chi connectivity index (χ4v) is 5.18. The summed E-state index contributed by atoms with van der Waals surface area (Å²) in [6, 6.07) is 15.9. The molecule has 0 spiro atoms. The van der Waals surface area contributed by atoms with Gasteiger partial charge in [-0.25, -0.2) is 14.2 Å². The van der Waals surface area contributed by atoms with Crippen molar-refractivity contribution in [3.8, 4) is 11.5 Å². The van der Waals surface area contributed by atoms with Crippen LogP contribution in [0, 0.1) is 5.82 Å². The molecule has 10 heteroatoms. The van der Waals surface area contributed by atoms with Crippen LogP contribution in [0.25, 0.3) is 6.08 Å². The van der Waals surface area contributed by atoms with E-state index in [1.54, 1.807) is 36.4 Å². The lowest BCUT2D eigenvalue weighted by Gasteiger charge is -2.14. The van der Waals surface area contributed by atoms with Gasteiger partial charge in [0.25, 0.3) is 5.91 Å². The van der Waals surface area contributed by atoms with E-state index in [1.807, 2.05) is 13.0 Å². The Balaban J connectivity index is 1.59. The average Bonchev–Trinajstić information content (AvgIpc) is 3.17. The predicted octanol–water partition coefficient (Wildman–Crippen LogP) is 6.50. The van der Waals surface area contributed by atoms with Crippen LogP contribution >= 0.6 is 27.7 Å². The first-order valence-corrected chi connectivity index (χ1v) is 12.8. The molecule has 1 amide bonds. The van der Waals surface area contributed by atoms with E-state index >= 15 is 0 Å². The summed E-state index contributed by atoms with van der Waals surface area (Å²) >= 11 is 4.73. The highest BCUT2D eigenvalue weighted by Crippen LogP contribution is 2.40. The predicted molar refractivity (Wildman–Crippen MR) is 145 cm³/mol. The number of carbonyl (C=O) groups excluding carboxylic acids is 1. The van der Waals surface area contributed by atoms with Gasteiger partial charge in [0, 0.05) is 6.54 Å². The zero-order valence-corrected chi connectivity index (χ0v) is 22.3. The smallest absolute Gasteiger partial charge is 0.335 e. The van der Waals surface area contributed by atoms with E-state index in [9.17, 15) is 19.1 Å². The third-order valence-electron chi connectivity index (χ3n) is 5.37. The monoisotopic (exact) mass is 584 g/mol. The van der Waals surface area contributed by atoms with E-state index in [2.05, 4.69) is 20.9 Å². The number of likely N-dealkylation sites (N-methyl/N-ethyl adjacent to an activating group) is 1. The molecule has 0 unspecified atom stereocenters. The second-order valence-electron chi connectivity index (χ2n) is 7.86. The Morgan fingerprint density at radius 1 is 1.19 bits per heavy atom. The number of rotatable bonds is 8. The summed E-state index contributed by atoms with van der Waals surface area (Å²) < 4.78 is 25.2. The van der Waals surface area contributed by atoms with Crippen LogP contribution in [-0.4, -0.2) is 40.7 Å². The first kappa shape index (κ1) is 26.4. The first-order chi connectivity index (χ1) is 17.8. The summed E-state index contributed by atoms with van der Waals surface area (Å²) in [5.74, 6) is -0.620. The highest BCUT2D eigenvalue weighted by Gasteiger charge is 2.32. The number of nitrogens with zero attached hydrogens (tertiary/aromatic N) is 2. The standard InChI is InChI=1S/C27H22BrFN2O5S/c1-3-31-25(32)23(37-27(31)30-20-6-4-5-18(14-20)26(33)34)13-17-11-21(28)24(22(12-17)35-2)36-15-16-7-9-19(29)10-8-16/h4-14H,3,15H2,1-2H3,(H,33,34). The molecule has 0 bridgehead atoms. The molecule has 1 N–H and O–H groups in total. The molecule has 3 aromatic carbocycles. The number of amides is 1. The molecule has 1 aliphatic rings. The first-order valence-electron chi connectivity index (χ1n) is 11.2. The number of halogens is 2. The van der Waals surface area contributed by atoms with Crippen molar-refractivity contribution in [3.63, 3.8) is 0 Å². The number of thioether (sulfide) groups is 1. The molecule has 3 aromatic rings. The van der Waals surface area contributed by atoms with E-state index < -0.39 is 5.97 Å². The SMILES string of the molecule is CCN1C(=O)C(=Cc2cc(Br)c(OCc3ccc(F)cc3)c(OC)c2)SC1=Nc1cccc(C(=O)O)c1. The van der Waals surface area contributed by atoms with Crippen LogP contribution in [0.2, 0.25) is 0 Å². The van der Waals surface area contributed by atoms with Crippen molar-refractivity contribution in [1.29, 1.82) is 0 Å². The molecular weight excluding hydrogens is 563 g/mol. The van der Waals surface area contributed by atoms with Gasteiger partial charge in [-0.15, -0.1) is 0 Å². The fourth-order valence-electron chi connectivity index (χ4n) is 3.54. The lowest BCUT2D eigenvalue weighted by atomic mass is 10.1. The van der Waals surface area contributed by atoms with E-state index in [0.29, 0.717) is 43.8 Å². The lowest BCUT2D eigenvalue weighted by Crippen LogP contribution is -2.28. The van der Waals surface area contributed by atoms with Gasteiger partial charge in [-0.1, -0.05) is 18.2 Å². The Bertz CT molecular complexity index is 1410. The van der Waals surface area contributed by atoms with Crippen molar-refractivity contribution in [2.45, 2.75) is 13.5 Å². The molecule has 0 aliphatic carbocycles. The number of hydrogen-bond donors (Lipinski definition) is 1. The van der Waals surface area contributed by atoms with Crippen molar-refractivity contribution < 1.29 is 28.6 Å². The molecule has 0 radical (unpaired) electrons. The van der Waals surface area contributed by atoms with E-state index in [-0.39, 0.29) is 23.9 Å². The van der Waals surface area contributed by atoms with Crippen LogP contribution < -0.4 is 9.47 Å². The molecule has 4 rings (SSSR count). The van der Waals surface area contributed by atoms with E-state index in [0.717, 1.165) is 5.56 Å². The summed E-state index contributed by atoms with van der Waals surface area (Å²) in [4.78, 5) is 30.9. The zero-order valence-electron chi connectivity index (χ0n) is 19.9. The Morgan fingerprint density at radius 2 is 1.95 bits per heavy atom. The van der Waals surface area contributed by atoms with Gasteiger partial charge in [-0.3, -0.25) is 9.69 Å². The molecule has 37 heavy (non-hydrogen) atoms. The molecule has 190 valence electrons. The number of aromatic carboxylic acids is 1. The number of amidine groups is 1. The maximum absolute atomic E-state index is 13.2. The zero-order chi connectivity index (χ0) is 26.5. The third-order valence-corrected chi connectivity index (χ3v) is 6.96. The fraction of sp³-hybridized carbons (Fsp3) is 0.148. The summed E-state index contributed by atoms with van der Waals surface area (Å²) in [7, 11) is 1.52. The molecule has 1 fully saturated rings. The molecule has 7 nitrogen and oxygen atoms in total. The van der Waals surface area contributed by atoms with E-state index in [4.69, 9.17) is 9.47 Å². The van der Waals surface area contributed by atoms with Crippen LogP contribution in [0.1, 0.15) is 28.4 Å². The van der Waals surface area contributed by atoms with Crippen LogP contribution in [0.3, 0.4) is 0 Å². The minimum absolute atomic E-state index is 0.119. The minimum Gasteiger partial charge on any atom is -0.493 e. The van der Waals surface area contributed by atoms with Gasteiger partial charge >= 0.3 is 5.97 Å². The van der Waals surface area contributed by atoms with Gasteiger partial charge in [0.1, 0.15) is 12.4 Å². The number of carboxylic acid groups (broad SMARTS) is 1. The van der Waals surface area contributed by atoms with Crippen LogP contribution in [0.4, 0.5) is 10.1 Å². The molecule has 1 aliphatic heterocycles. The molecule has 1 saturated heterocycles.